The van der Waals surface area contributed by atoms with Crippen LogP contribution in [0.1, 0.15) is 38.7 Å². The van der Waals surface area contributed by atoms with Crippen molar-refractivity contribution < 1.29 is 19.1 Å². The molecule has 2 aromatic carbocycles. The first-order chi connectivity index (χ1) is 18.0. The van der Waals surface area contributed by atoms with Crippen molar-refractivity contribution in [2.75, 3.05) is 49.1 Å². The molecule has 2 aliphatic heterocycles. The summed E-state index contributed by atoms with van der Waals surface area (Å²) in [5, 5.41) is 3.54. The molecule has 3 aromatic rings. The van der Waals surface area contributed by atoms with E-state index in [1.165, 1.54) is 15.8 Å². The summed E-state index contributed by atoms with van der Waals surface area (Å²) in [6.07, 6.45) is 2.03. The molecule has 0 N–H and O–H groups in total. The summed E-state index contributed by atoms with van der Waals surface area (Å²) >= 11 is 1.80. The molecular weight excluding hydrogens is 486 g/mol. The number of aryl methyl sites for hydroxylation is 1. The summed E-state index contributed by atoms with van der Waals surface area (Å²) < 4.78 is 12.6. The largest absolute Gasteiger partial charge is 0.494 e. The van der Waals surface area contributed by atoms with E-state index in [1.54, 1.807) is 31.3 Å². The number of fused-ring (bicyclic) bond motifs is 2. The molecule has 0 unspecified atom stereocenters. The number of unbranched alkanes of at least 4 members (excludes halogenated alkanes) is 1. The number of thiophene rings is 1. The maximum Gasteiger partial charge on any atom is 0.421 e. The van der Waals surface area contributed by atoms with E-state index in [9.17, 15) is 9.59 Å². The van der Waals surface area contributed by atoms with Crippen LogP contribution in [-0.2, 0) is 16.0 Å². The standard InChI is InChI=1S/C29H35N3O4S/c1-21(2)36-29(34)32-26-20-23(10-8-22(26)9-11-28(32)33)35-18-4-3-13-30-14-16-31(17-15-30)25-6-5-7-27-24(25)12-19-37-27/h5-8,10,12,19-21H,3-4,9,11,13-18H2,1-2H3. The molecule has 37 heavy (non-hydrogen) atoms. The van der Waals surface area contributed by atoms with Crippen molar-refractivity contribution in [1.82, 2.24) is 4.90 Å². The molecule has 1 fully saturated rings. The van der Waals surface area contributed by atoms with Gasteiger partial charge in [0.25, 0.3) is 0 Å². The lowest BCUT2D eigenvalue weighted by Gasteiger charge is -2.36. The Morgan fingerprint density at radius 3 is 2.65 bits per heavy atom. The SMILES string of the molecule is CC(C)OC(=O)N1C(=O)CCc2ccc(OCCCCN3CCN(c4cccc5sccc45)CC3)cc21. The minimum atomic E-state index is -0.620. The molecule has 2 amide bonds. The van der Waals surface area contributed by atoms with Gasteiger partial charge in [0.2, 0.25) is 5.91 Å². The van der Waals surface area contributed by atoms with E-state index in [-0.39, 0.29) is 12.0 Å². The minimum absolute atomic E-state index is 0.234. The summed E-state index contributed by atoms with van der Waals surface area (Å²) in [4.78, 5) is 31.2. The predicted molar refractivity (Wildman–Crippen MR) is 149 cm³/mol. The summed E-state index contributed by atoms with van der Waals surface area (Å²) in [6.45, 7) is 9.46. The number of hydrogen-bond donors (Lipinski definition) is 0. The Morgan fingerprint density at radius 1 is 1.00 bits per heavy atom. The Bertz CT molecular complexity index is 1250. The summed E-state index contributed by atoms with van der Waals surface area (Å²) in [5.41, 5.74) is 2.90. The number of amides is 2. The first-order valence-corrected chi connectivity index (χ1v) is 14.1. The molecule has 8 heteroatoms. The van der Waals surface area contributed by atoms with Crippen LogP contribution in [0.5, 0.6) is 5.75 Å². The van der Waals surface area contributed by atoms with Crippen LogP contribution in [0.2, 0.25) is 0 Å². The maximum absolute atomic E-state index is 12.5. The summed E-state index contributed by atoms with van der Waals surface area (Å²) in [6, 6.07) is 14.5. The number of ether oxygens (including phenoxy) is 2. The zero-order chi connectivity index (χ0) is 25.8. The van der Waals surface area contributed by atoms with E-state index in [4.69, 9.17) is 9.47 Å². The van der Waals surface area contributed by atoms with Gasteiger partial charge in [0, 0.05) is 54.4 Å². The number of hydrogen-bond acceptors (Lipinski definition) is 7. The third-order valence-electron chi connectivity index (χ3n) is 7.00. The fourth-order valence-electron chi connectivity index (χ4n) is 5.09. The molecule has 0 atom stereocenters. The molecule has 0 bridgehead atoms. The Hall–Kier alpha value is -3.10. The normalized spacial score (nSPS) is 16.4. The van der Waals surface area contributed by atoms with Crippen LogP contribution in [0.4, 0.5) is 16.2 Å². The van der Waals surface area contributed by atoms with Gasteiger partial charge in [0.05, 0.1) is 18.4 Å². The van der Waals surface area contributed by atoms with Gasteiger partial charge in [-0.2, -0.15) is 0 Å². The predicted octanol–water partition coefficient (Wildman–Crippen LogP) is 5.71. The number of rotatable bonds is 8. The van der Waals surface area contributed by atoms with Crippen molar-refractivity contribution in [3.05, 3.63) is 53.4 Å². The second kappa shape index (κ2) is 11.5. The lowest BCUT2D eigenvalue weighted by molar-refractivity contribution is -0.118. The topological polar surface area (TPSA) is 62.3 Å². The highest BCUT2D eigenvalue weighted by atomic mass is 32.1. The Labute approximate surface area is 222 Å². The summed E-state index contributed by atoms with van der Waals surface area (Å²) in [7, 11) is 0. The number of benzene rings is 2. The van der Waals surface area contributed by atoms with Crippen molar-refractivity contribution in [2.45, 2.75) is 45.6 Å². The molecule has 0 spiro atoms. The first-order valence-electron chi connectivity index (χ1n) is 13.2. The molecule has 1 saturated heterocycles. The average molecular weight is 522 g/mol. The molecule has 7 nitrogen and oxygen atoms in total. The second-order valence-corrected chi connectivity index (χ2v) is 10.9. The van der Waals surface area contributed by atoms with Crippen molar-refractivity contribution in [3.8, 4) is 5.75 Å². The smallest absolute Gasteiger partial charge is 0.421 e. The van der Waals surface area contributed by atoms with Gasteiger partial charge in [0.15, 0.2) is 0 Å². The molecule has 2 aliphatic rings. The number of anilines is 2. The lowest BCUT2D eigenvalue weighted by Crippen LogP contribution is -2.46. The maximum atomic E-state index is 12.5. The van der Waals surface area contributed by atoms with Gasteiger partial charge in [-0.15, -0.1) is 11.3 Å². The zero-order valence-electron chi connectivity index (χ0n) is 21.7. The fraction of sp³-hybridized carbons (Fsp3) is 0.448. The number of piperazine rings is 1. The van der Waals surface area contributed by atoms with Crippen LogP contribution in [0.25, 0.3) is 10.1 Å². The number of imide groups is 1. The van der Waals surface area contributed by atoms with Crippen LogP contribution >= 0.6 is 11.3 Å². The highest BCUT2D eigenvalue weighted by Crippen LogP contribution is 2.33. The van der Waals surface area contributed by atoms with Crippen molar-refractivity contribution >= 4 is 44.8 Å². The van der Waals surface area contributed by atoms with E-state index in [1.807, 2.05) is 12.1 Å². The lowest BCUT2D eigenvalue weighted by atomic mass is 10.0. The number of carbonyl (C=O) groups excluding carboxylic acids is 2. The van der Waals surface area contributed by atoms with Crippen molar-refractivity contribution in [2.24, 2.45) is 0 Å². The molecule has 1 aromatic heterocycles. The average Bonchev–Trinajstić information content (AvgIpc) is 3.37. The third kappa shape index (κ3) is 5.91. The van der Waals surface area contributed by atoms with Crippen molar-refractivity contribution in [1.29, 1.82) is 0 Å². The van der Waals surface area contributed by atoms with Crippen LogP contribution in [0.3, 0.4) is 0 Å². The second-order valence-electron chi connectivity index (χ2n) is 9.95. The fourth-order valence-corrected chi connectivity index (χ4v) is 5.90. The van der Waals surface area contributed by atoms with Gasteiger partial charge in [-0.25, -0.2) is 9.69 Å². The molecule has 0 saturated carbocycles. The van der Waals surface area contributed by atoms with Crippen molar-refractivity contribution in [3.63, 3.8) is 0 Å². The third-order valence-corrected chi connectivity index (χ3v) is 7.88. The number of carbonyl (C=O) groups is 2. The molecule has 5 rings (SSSR count). The van der Waals surface area contributed by atoms with Crippen LogP contribution < -0.4 is 14.5 Å². The molecule has 0 aliphatic carbocycles. The van der Waals surface area contributed by atoms with Gasteiger partial charge in [0.1, 0.15) is 5.75 Å². The van der Waals surface area contributed by atoms with Gasteiger partial charge in [-0.3, -0.25) is 9.69 Å². The monoisotopic (exact) mass is 521 g/mol. The Balaban J connectivity index is 1.07. The van der Waals surface area contributed by atoms with Crippen LogP contribution in [0, 0.1) is 0 Å². The van der Waals surface area contributed by atoms with E-state index in [2.05, 4.69) is 39.4 Å². The van der Waals surface area contributed by atoms with Gasteiger partial charge in [-0.05, 0) is 74.9 Å². The molecular formula is C29H35N3O4S. The van der Waals surface area contributed by atoms with Crippen LogP contribution in [-0.4, -0.2) is 62.3 Å². The van der Waals surface area contributed by atoms with E-state index in [0.29, 0.717) is 30.9 Å². The zero-order valence-corrected chi connectivity index (χ0v) is 22.5. The highest BCUT2D eigenvalue weighted by Gasteiger charge is 2.31. The molecule has 196 valence electrons. The number of nitrogens with zero attached hydrogens (tertiary/aromatic N) is 3. The van der Waals surface area contributed by atoms with Gasteiger partial charge < -0.3 is 14.4 Å². The van der Waals surface area contributed by atoms with Gasteiger partial charge in [-0.1, -0.05) is 12.1 Å². The Kier molecular flexibility index (Phi) is 7.96. The van der Waals surface area contributed by atoms with E-state index >= 15 is 0 Å². The Morgan fingerprint density at radius 2 is 1.84 bits per heavy atom. The van der Waals surface area contributed by atoms with E-state index in [0.717, 1.165) is 56.0 Å². The van der Waals surface area contributed by atoms with Gasteiger partial charge >= 0.3 is 6.09 Å². The quantitative estimate of drug-likeness (QED) is 0.354. The minimum Gasteiger partial charge on any atom is -0.494 e. The van der Waals surface area contributed by atoms with Crippen LogP contribution in [0.15, 0.2) is 47.8 Å². The molecule has 3 heterocycles. The van der Waals surface area contributed by atoms with E-state index < -0.39 is 6.09 Å². The summed E-state index contributed by atoms with van der Waals surface area (Å²) in [5.74, 6) is 0.439. The highest BCUT2D eigenvalue weighted by molar-refractivity contribution is 7.17. The molecule has 0 radical (unpaired) electrons. The first kappa shape index (κ1) is 25.5.